The number of nitrogens with one attached hydrogen (secondary N) is 3. The highest BCUT2D eigenvalue weighted by molar-refractivity contribution is 5.99. The minimum absolute atomic E-state index is 0.292. The summed E-state index contributed by atoms with van der Waals surface area (Å²) in [6.07, 6.45) is 3.53. The highest BCUT2D eigenvalue weighted by Gasteiger charge is 2.06. The molecule has 2 aromatic heterocycles. The van der Waals surface area contributed by atoms with Crippen LogP contribution in [0.5, 0.6) is 0 Å². The van der Waals surface area contributed by atoms with E-state index in [1.165, 1.54) is 5.56 Å². The van der Waals surface area contributed by atoms with Crippen molar-refractivity contribution in [3.05, 3.63) is 83.9 Å². The molecule has 0 saturated carbocycles. The molecule has 8 heteroatoms. The Kier molecular flexibility index (Phi) is 5.61. The van der Waals surface area contributed by atoms with Crippen molar-refractivity contribution in [1.82, 2.24) is 19.7 Å². The molecule has 156 valence electrons. The van der Waals surface area contributed by atoms with E-state index >= 15 is 0 Å². The molecule has 0 unspecified atom stereocenters. The molecule has 0 radical (unpaired) electrons. The van der Waals surface area contributed by atoms with Gasteiger partial charge in [-0.05, 0) is 74.4 Å². The van der Waals surface area contributed by atoms with E-state index in [1.54, 1.807) is 10.9 Å². The summed E-state index contributed by atoms with van der Waals surface area (Å²) < 4.78 is 1.68. The van der Waals surface area contributed by atoms with Crippen LogP contribution in [0.2, 0.25) is 0 Å². The first kappa shape index (κ1) is 20.1. The Bertz CT molecular complexity index is 1200. The first-order valence-electron chi connectivity index (χ1n) is 9.84. The van der Waals surface area contributed by atoms with Crippen molar-refractivity contribution < 1.29 is 4.79 Å². The Morgan fingerprint density at radius 1 is 0.839 bits per heavy atom. The number of anilines is 4. The number of hydrogen-bond acceptors (Lipinski definition) is 5. The van der Waals surface area contributed by atoms with Crippen LogP contribution in [0.3, 0.4) is 0 Å². The van der Waals surface area contributed by atoms with Gasteiger partial charge in [-0.3, -0.25) is 0 Å². The van der Waals surface area contributed by atoms with Gasteiger partial charge < -0.3 is 16.0 Å². The molecule has 2 heterocycles. The molecule has 4 rings (SSSR count). The number of carbonyl (C=O) groups is 1. The summed E-state index contributed by atoms with van der Waals surface area (Å²) in [5.41, 5.74) is 4.59. The number of urea groups is 1. The van der Waals surface area contributed by atoms with E-state index in [9.17, 15) is 4.79 Å². The number of benzene rings is 2. The molecule has 0 atom stereocenters. The highest BCUT2D eigenvalue weighted by atomic mass is 16.2. The molecule has 0 fully saturated rings. The minimum Gasteiger partial charge on any atom is -0.340 e. The quantitative estimate of drug-likeness (QED) is 0.429. The topological polar surface area (TPSA) is 96.8 Å². The van der Waals surface area contributed by atoms with Gasteiger partial charge in [-0.2, -0.15) is 5.10 Å². The van der Waals surface area contributed by atoms with Crippen molar-refractivity contribution in [2.45, 2.75) is 20.8 Å². The van der Waals surface area contributed by atoms with E-state index in [0.717, 1.165) is 16.9 Å². The third kappa shape index (κ3) is 5.05. The molecule has 3 N–H and O–H groups in total. The second-order valence-corrected chi connectivity index (χ2v) is 7.19. The first-order valence-corrected chi connectivity index (χ1v) is 9.84. The zero-order valence-electron chi connectivity index (χ0n) is 17.5. The molecule has 0 aliphatic carbocycles. The maximum Gasteiger partial charge on any atom is 0.323 e. The number of aromatic nitrogens is 4. The third-order valence-corrected chi connectivity index (χ3v) is 4.74. The zero-order valence-corrected chi connectivity index (χ0v) is 17.5. The SMILES string of the molecule is Cc1nc(Nc2ccc(NC(=O)Nc3ccc(C)c(C)c3)cc2)cc(-n2cccn2)n1. The average molecular weight is 413 g/mol. The summed E-state index contributed by atoms with van der Waals surface area (Å²) in [5, 5.41) is 13.1. The summed E-state index contributed by atoms with van der Waals surface area (Å²) in [6, 6.07) is 16.6. The van der Waals surface area contributed by atoms with E-state index < -0.39 is 0 Å². The molecule has 0 aliphatic rings. The lowest BCUT2D eigenvalue weighted by atomic mass is 10.1. The molecule has 2 aromatic carbocycles. The van der Waals surface area contributed by atoms with Gasteiger partial charge in [0.05, 0.1) is 0 Å². The molecule has 0 saturated heterocycles. The van der Waals surface area contributed by atoms with Gasteiger partial charge in [0.15, 0.2) is 5.82 Å². The summed E-state index contributed by atoms with van der Waals surface area (Å²) in [6.45, 7) is 5.89. The lowest BCUT2D eigenvalue weighted by Gasteiger charge is -2.11. The fourth-order valence-electron chi connectivity index (χ4n) is 3.04. The van der Waals surface area contributed by atoms with Gasteiger partial charge in [-0.25, -0.2) is 19.4 Å². The molecule has 4 aromatic rings. The lowest BCUT2D eigenvalue weighted by Crippen LogP contribution is -2.19. The predicted molar refractivity (Wildman–Crippen MR) is 122 cm³/mol. The number of amides is 2. The average Bonchev–Trinajstić information content (AvgIpc) is 3.27. The van der Waals surface area contributed by atoms with Crippen LogP contribution in [0.1, 0.15) is 17.0 Å². The number of aryl methyl sites for hydroxylation is 3. The Hall–Kier alpha value is -4.20. The molecule has 0 bridgehead atoms. The summed E-state index contributed by atoms with van der Waals surface area (Å²) in [4.78, 5) is 21.1. The fraction of sp³-hybridized carbons (Fsp3) is 0.130. The van der Waals surface area contributed by atoms with Crippen LogP contribution in [-0.2, 0) is 0 Å². The van der Waals surface area contributed by atoms with Gasteiger partial charge in [-0.1, -0.05) is 6.07 Å². The Morgan fingerprint density at radius 3 is 2.26 bits per heavy atom. The molecule has 31 heavy (non-hydrogen) atoms. The largest absolute Gasteiger partial charge is 0.340 e. The Balaban J connectivity index is 1.40. The van der Waals surface area contributed by atoms with Crippen LogP contribution in [0.4, 0.5) is 27.7 Å². The van der Waals surface area contributed by atoms with Crippen LogP contribution in [0.25, 0.3) is 5.82 Å². The normalized spacial score (nSPS) is 10.5. The molecule has 8 nitrogen and oxygen atoms in total. The lowest BCUT2D eigenvalue weighted by molar-refractivity contribution is 0.262. The van der Waals surface area contributed by atoms with Crippen LogP contribution < -0.4 is 16.0 Å². The number of nitrogens with zero attached hydrogens (tertiary/aromatic N) is 4. The van der Waals surface area contributed by atoms with Gasteiger partial charge in [0.25, 0.3) is 0 Å². The smallest absolute Gasteiger partial charge is 0.323 e. The van der Waals surface area contributed by atoms with Crippen LogP contribution in [-0.4, -0.2) is 25.8 Å². The van der Waals surface area contributed by atoms with E-state index in [1.807, 2.05) is 81.6 Å². The van der Waals surface area contributed by atoms with Crippen LogP contribution >= 0.6 is 0 Å². The van der Waals surface area contributed by atoms with Crippen LogP contribution in [0.15, 0.2) is 67.0 Å². The van der Waals surface area contributed by atoms with Crippen molar-refractivity contribution >= 4 is 28.9 Å². The second-order valence-electron chi connectivity index (χ2n) is 7.19. The molecule has 0 aliphatic heterocycles. The third-order valence-electron chi connectivity index (χ3n) is 4.74. The summed E-state index contributed by atoms with van der Waals surface area (Å²) in [7, 11) is 0. The van der Waals surface area contributed by atoms with Gasteiger partial charge in [0, 0.05) is 35.5 Å². The predicted octanol–water partition coefficient (Wildman–Crippen LogP) is 4.98. The van der Waals surface area contributed by atoms with Crippen molar-refractivity contribution in [2.75, 3.05) is 16.0 Å². The maximum atomic E-state index is 12.3. The Labute approximate surface area is 180 Å². The Morgan fingerprint density at radius 2 is 1.55 bits per heavy atom. The molecular weight excluding hydrogens is 390 g/mol. The summed E-state index contributed by atoms with van der Waals surface area (Å²) >= 11 is 0. The van der Waals surface area contributed by atoms with E-state index in [4.69, 9.17) is 0 Å². The monoisotopic (exact) mass is 413 g/mol. The maximum absolute atomic E-state index is 12.3. The van der Waals surface area contributed by atoms with Gasteiger partial charge in [-0.15, -0.1) is 0 Å². The number of rotatable bonds is 5. The zero-order chi connectivity index (χ0) is 21.8. The second kappa shape index (κ2) is 8.66. The fourth-order valence-corrected chi connectivity index (χ4v) is 3.04. The van der Waals surface area contributed by atoms with Crippen molar-refractivity contribution in [2.24, 2.45) is 0 Å². The highest BCUT2D eigenvalue weighted by Crippen LogP contribution is 2.20. The van der Waals surface area contributed by atoms with Crippen LogP contribution in [0, 0.1) is 20.8 Å². The standard InChI is InChI=1S/C23H23N7O/c1-15-5-6-20(13-16(15)2)29-23(31)28-19-9-7-18(8-10-19)27-21-14-22(26-17(3)25-21)30-12-4-11-24-30/h4-14H,1-3H3,(H,25,26,27)(H2,28,29,31). The van der Waals surface area contributed by atoms with E-state index in [2.05, 4.69) is 31.0 Å². The molecule has 0 spiro atoms. The summed E-state index contributed by atoms with van der Waals surface area (Å²) in [5.74, 6) is 1.98. The molecule has 2 amide bonds. The van der Waals surface area contributed by atoms with E-state index in [-0.39, 0.29) is 6.03 Å². The number of carbonyl (C=O) groups excluding carboxylic acids is 1. The van der Waals surface area contributed by atoms with E-state index in [0.29, 0.717) is 23.1 Å². The molecular formula is C23H23N7O. The van der Waals surface area contributed by atoms with Crippen molar-refractivity contribution in [3.8, 4) is 5.82 Å². The van der Waals surface area contributed by atoms with Gasteiger partial charge >= 0.3 is 6.03 Å². The first-order chi connectivity index (χ1) is 15.0. The van der Waals surface area contributed by atoms with Crippen molar-refractivity contribution in [1.29, 1.82) is 0 Å². The van der Waals surface area contributed by atoms with Gasteiger partial charge in [0.1, 0.15) is 11.6 Å². The van der Waals surface area contributed by atoms with Gasteiger partial charge in [0.2, 0.25) is 0 Å². The van der Waals surface area contributed by atoms with Crippen molar-refractivity contribution in [3.63, 3.8) is 0 Å². The number of hydrogen-bond donors (Lipinski definition) is 3. The minimum atomic E-state index is -0.292.